The number of anilines is 4. The third kappa shape index (κ3) is 3.42. The molecule has 0 spiro atoms. The first-order chi connectivity index (χ1) is 15.5. The summed E-state index contributed by atoms with van der Waals surface area (Å²) in [6.07, 6.45) is 1.70. The van der Waals surface area contributed by atoms with Crippen molar-refractivity contribution in [3.8, 4) is 0 Å². The van der Waals surface area contributed by atoms with E-state index in [9.17, 15) is 8.60 Å². The highest BCUT2D eigenvalue weighted by atomic mass is 35.5. The second kappa shape index (κ2) is 7.71. The lowest BCUT2D eigenvalue weighted by Crippen LogP contribution is -2.47. The summed E-state index contributed by atoms with van der Waals surface area (Å²) in [5.74, 6) is 1.39. The van der Waals surface area contributed by atoms with Gasteiger partial charge in [0.25, 0.3) is 0 Å². The Morgan fingerprint density at radius 1 is 1.06 bits per heavy atom. The number of aromatic nitrogens is 2. The fraction of sp³-hybridized carbons (Fsp3) is 0.304. The Morgan fingerprint density at radius 2 is 1.84 bits per heavy atom. The Labute approximate surface area is 192 Å². The van der Waals surface area contributed by atoms with Crippen LogP contribution in [-0.2, 0) is 17.2 Å². The predicted octanol–water partition coefficient (Wildman–Crippen LogP) is 4.14. The molecule has 32 heavy (non-hydrogen) atoms. The summed E-state index contributed by atoms with van der Waals surface area (Å²) < 4.78 is 26.3. The van der Waals surface area contributed by atoms with Crippen LogP contribution in [0.25, 0.3) is 0 Å². The van der Waals surface area contributed by atoms with E-state index in [1.165, 1.54) is 17.8 Å². The number of piperazine rings is 1. The third-order valence-electron chi connectivity index (χ3n) is 6.42. The zero-order chi connectivity index (χ0) is 21.8. The van der Waals surface area contributed by atoms with Crippen LogP contribution < -0.4 is 15.1 Å². The lowest BCUT2D eigenvalue weighted by molar-refractivity contribution is 0.628. The van der Waals surface area contributed by atoms with E-state index in [-0.39, 0.29) is 5.82 Å². The van der Waals surface area contributed by atoms with E-state index in [0.29, 0.717) is 46.6 Å². The second-order valence-electron chi connectivity index (χ2n) is 8.41. The molecule has 1 aromatic heterocycles. The average molecular weight is 470 g/mol. The van der Waals surface area contributed by atoms with E-state index < -0.39 is 10.8 Å². The van der Waals surface area contributed by atoms with Crippen molar-refractivity contribution in [1.29, 1.82) is 0 Å². The fourth-order valence-electron chi connectivity index (χ4n) is 4.96. The molecule has 6 rings (SSSR count). The van der Waals surface area contributed by atoms with E-state index in [1.54, 1.807) is 12.1 Å². The molecule has 0 saturated carbocycles. The van der Waals surface area contributed by atoms with Crippen LogP contribution in [0.3, 0.4) is 0 Å². The molecule has 2 saturated heterocycles. The van der Waals surface area contributed by atoms with Crippen LogP contribution in [0.4, 0.5) is 27.5 Å². The Morgan fingerprint density at radius 3 is 2.59 bits per heavy atom. The lowest BCUT2D eigenvalue weighted by atomic mass is 10.2. The van der Waals surface area contributed by atoms with Crippen LogP contribution in [0.15, 0.2) is 53.4 Å². The molecule has 2 fully saturated rings. The van der Waals surface area contributed by atoms with Gasteiger partial charge >= 0.3 is 0 Å². The molecule has 2 aromatic carbocycles. The summed E-state index contributed by atoms with van der Waals surface area (Å²) in [5, 5.41) is 3.93. The van der Waals surface area contributed by atoms with Crippen LogP contribution in [0.2, 0.25) is 5.02 Å². The highest BCUT2D eigenvalue weighted by Crippen LogP contribution is 2.39. The molecule has 2 unspecified atom stereocenters. The number of benzene rings is 2. The number of fused-ring (bicyclic) bond motifs is 3. The molecular weight excluding hydrogens is 449 g/mol. The quantitative estimate of drug-likeness (QED) is 0.619. The highest BCUT2D eigenvalue weighted by Gasteiger charge is 2.45. The van der Waals surface area contributed by atoms with E-state index in [4.69, 9.17) is 21.6 Å². The van der Waals surface area contributed by atoms with Gasteiger partial charge in [-0.1, -0.05) is 17.7 Å². The number of hydrogen-bond donors (Lipinski definition) is 1. The Kier molecular flexibility index (Phi) is 4.80. The number of hydrogen-bond acceptors (Lipinski definition) is 6. The summed E-state index contributed by atoms with van der Waals surface area (Å²) in [6, 6.07) is 14.9. The number of rotatable bonds is 4. The Hall–Kier alpha value is -2.71. The molecule has 3 aromatic rings. The maximum absolute atomic E-state index is 13.7. The average Bonchev–Trinajstić information content (AvgIpc) is 3.49. The van der Waals surface area contributed by atoms with Gasteiger partial charge in [0.1, 0.15) is 10.7 Å². The molecule has 0 radical (unpaired) electrons. The minimum atomic E-state index is -1.15. The summed E-state index contributed by atoms with van der Waals surface area (Å²) >= 11 is 6.05. The molecule has 4 heterocycles. The van der Waals surface area contributed by atoms with Gasteiger partial charge in [0.15, 0.2) is 5.82 Å². The first kappa shape index (κ1) is 19.9. The van der Waals surface area contributed by atoms with Crippen molar-refractivity contribution in [2.75, 3.05) is 34.0 Å². The van der Waals surface area contributed by atoms with Crippen molar-refractivity contribution >= 4 is 45.5 Å². The molecule has 3 atom stereocenters. The van der Waals surface area contributed by atoms with Crippen LogP contribution in [-0.4, -0.2) is 45.1 Å². The first-order valence-corrected chi connectivity index (χ1v) is 12.4. The zero-order valence-corrected chi connectivity index (χ0v) is 18.7. The van der Waals surface area contributed by atoms with Crippen molar-refractivity contribution in [2.45, 2.75) is 29.8 Å². The van der Waals surface area contributed by atoms with Crippen molar-refractivity contribution in [3.05, 3.63) is 65.1 Å². The molecule has 3 aliphatic heterocycles. The normalized spacial score (nSPS) is 23.6. The first-order valence-electron chi connectivity index (χ1n) is 10.7. The highest BCUT2D eigenvalue weighted by molar-refractivity contribution is 7.85. The fourth-order valence-corrected chi connectivity index (χ4v) is 6.39. The summed E-state index contributed by atoms with van der Waals surface area (Å²) in [4.78, 5) is 14.9. The van der Waals surface area contributed by atoms with Gasteiger partial charge in [0.05, 0.1) is 22.5 Å². The second-order valence-corrected chi connectivity index (χ2v) is 10.4. The number of nitrogens with zero attached hydrogens (tertiary/aromatic N) is 4. The molecule has 164 valence electrons. The topological polar surface area (TPSA) is 61.4 Å². The summed E-state index contributed by atoms with van der Waals surface area (Å²) in [7, 11) is -1.15. The van der Waals surface area contributed by atoms with Gasteiger partial charge in [0, 0.05) is 47.7 Å². The van der Waals surface area contributed by atoms with Crippen LogP contribution in [0, 0.1) is 5.82 Å². The van der Waals surface area contributed by atoms with Crippen molar-refractivity contribution in [2.24, 2.45) is 0 Å². The molecule has 6 nitrogen and oxygen atoms in total. The summed E-state index contributed by atoms with van der Waals surface area (Å²) in [6.45, 7) is 1.72. The zero-order valence-electron chi connectivity index (χ0n) is 17.2. The summed E-state index contributed by atoms with van der Waals surface area (Å²) in [5.41, 5.74) is 2.59. The van der Waals surface area contributed by atoms with Gasteiger partial charge in [0.2, 0.25) is 5.95 Å². The van der Waals surface area contributed by atoms with E-state index in [1.807, 2.05) is 12.1 Å². The van der Waals surface area contributed by atoms with E-state index >= 15 is 0 Å². The van der Waals surface area contributed by atoms with Crippen LogP contribution >= 0.6 is 11.6 Å². The predicted molar refractivity (Wildman–Crippen MR) is 125 cm³/mol. The Bertz CT molecular complexity index is 1220. The molecule has 3 aliphatic rings. The van der Waals surface area contributed by atoms with Gasteiger partial charge in [-0.3, -0.25) is 4.21 Å². The molecule has 1 N–H and O–H groups in total. The van der Waals surface area contributed by atoms with Crippen molar-refractivity contribution in [1.82, 2.24) is 9.97 Å². The Balaban J connectivity index is 1.30. The molecule has 0 amide bonds. The van der Waals surface area contributed by atoms with Crippen LogP contribution in [0.1, 0.15) is 12.1 Å². The largest absolute Gasteiger partial charge is 0.365 e. The molecular formula is C23H21ClFN5OS. The van der Waals surface area contributed by atoms with Crippen molar-refractivity contribution < 1.29 is 8.60 Å². The van der Waals surface area contributed by atoms with Crippen molar-refractivity contribution in [3.63, 3.8) is 0 Å². The van der Waals surface area contributed by atoms with Gasteiger partial charge < -0.3 is 15.1 Å². The monoisotopic (exact) mass is 469 g/mol. The number of aryl methyl sites for hydroxylation is 1. The minimum absolute atomic E-state index is 0.308. The maximum atomic E-state index is 13.7. The molecule has 0 aliphatic carbocycles. The lowest BCUT2D eigenvalue weighted by Gasteiger charge is -2.36. The van der Waals surface area contributed by atoms with Gasteiger partial charge in [-0.25, -0.2) is 9.37 Å². The van der Waals surface area contributed by atoms with Crippen LogP contribution in [0.5, 0.6) is 0 Å². The van der Waals surface area contributed by atoms with E-state index in [2.05, 4.69) is 27.2 Å². The van der Waals surface area contributed by atoms with E-state index in [0.717, 1.165) is 30.2 Å². The molecule has 9 heteroatoms. The minimum Gasteiger partial charge on any atom is -0.365 e. The maximum Gasteiger partial charge on any atom is 0.228 e. The van der Waals surface area contributed by atoms with Gasteiger partial charge in [-0.15, -0.1) is 0 Å². The van der Waals surface area contributed by atoms with Gasteiger partial charge in [-0.2, -0.15) is 4.98 Å². The molecule has 2 bridgehead atoms. The van der Waals surface area contributed by atoms with Gasteiger partial charge in [-0.05, 0) is 48.9 Å². The number of halogens is 2. The SMILES string of the molecule is O=S1CCc2nc(N3C[C@H]4CC3CN4c3ccc(Cl)cc3)nc(Nc3cccc(F)c3)c21. The smallest absolute Gasteiger partial charge is 0.228 e. The standard InChI is InChI=1S/C23H21ClFN5OS/c24-14-4-6-17(7-5-14)29-12-19-11-18(29)13-30(19)23-27-20-8-9-32(31)21(20)22(28-23)26-16-3-1-2-15(25)10-16/h1-7,10,18-19H,8-9,11-13H2,(H,26,27,28)/t18-,19?,32?/m1/s1. The number of nitrogens with one attached hydrogen (secondary N) is 1. The third-order valence-corrected chi connectivity index (χ3v) is 8.13.